The predicted octanol–water partition coefficient (Wildman–Crippen LogP) is 10.9. The van der Waals surface area contributed by atoms with E-state index in [1.807, 2.05) is 48.5 Å². The van der Waals surface area contributed by atoms with Gasteiger partial charge < -0.3 is 13.6 Å². The molecule has 288 valence electrons. The molecule has 0 unspecified atom stereocenters. The molecule has 0 bridgehead atoms. The summed E-state index contributed by atoms with van der Waals surface area (Å²) in [6, 6.07) is 77.5. The Morgan fingerprint density at radius 2 is 0.952 bits per heavy atom. The summed E-state index contributed by atoms with van der Waals surface area (Å²) in [5.41, 5.74) is 8.94. The van der Waals surface area contributed by atoms with Crippen LogP contribution in [0.2, 0.25) is 0 Å². The lowest BCUT2D eigenvalue weighted by Crippen LogP contribution is -2.74. The van der Waals surface area contributed by atoms with Crippen molar-refractivity contribution in [1.82, 2.24) is 9.13 Å². The fourth-order valence-corrected chi connectivity index (χ4v) is 14.9. The van der Waals surface area contributed by atoms with Crippen molar-refractivity contribution >= 4 is 94.4 Å². The van der Waals surface area contributed by atoms with Crippen LogP contribution >= 0.6 is 0 Å². The topological polar surface area (TPSA) is 70.6 Å². The number of hydrogen-bond donors (Lipinski definition) is 0. The molecule has 0 amide bonds. The summed E-state index contributed by atoms with van der Waals surface area (Å²) in [4.78, 5) is 0. The standard InChI is InChI=1S/C56H34N4OSi/c57-35-37-26-29-53-50(32-37)46-21-8-10-23-51(46)59(53)40-30-38(36-58)31-44(34-40)62(41-15-3-1-4-16-41,42-17-5-2-6-18-42)43-19-13-14-39(33-43)60-52-24-11-7-20-45(52)48-27-28-49-47-22-9-12-25-54(47)61-56(49)55(48)60/h1-34H. The summed E-state index contributed by atoms with van der Waals surface area (Å²) in [6.45, 7) is 0. The van der Waals surface area contributed by atoms with E-state index in [1.165, 1.54) is 15.6 Å². The molecule has 12 rings (SSSR count). The zero-order valence-electron chi connectivity index (χ0n) is 33.3. The highest BCUT2D eigenvalue weighted by Crippen LogP contribution is 2.40. The van der Waals surface area contributed by atoms with Crippen molar-refractivity contribution in [2.75, 3.05) is 0 Å². The second-order valence-corrected chi connectivity index (χ2v) is 19.7. The molecule has 0 atom stereocenters. The first-order chi connectivity index (χ1) is 30.6. The molecular formula is C56H34N4OSi. The van der Waals surface area contributed by atoms with Crippen LogP contribution in [0.4, 0.5) is 0 Å². The molecule has 9 aromatic carbocycles. The van der Waals surface area contributed by atoms with Crippen molar-refractivity contribution in [2.45, 2.75) is 0 Å². The summed E-state index contributed by atoms with van der Waals surface area (Å²) in [5.74, 6) is 0. The number of hydrogen-bond acceptors (Lipinski definition) is 3. The molecule has 12 aromatic rings. The van der Waals surface area contributed by atoms with Gasteiger partial charge in [-0.05, 0) is 93.5 Å². The molecule has 0 radical (unpaired) electrons. The summed E-state index contributed by atoms with van der Waals surface area (Å²) in [7, 11) is -3.24. The second-order valence-electron chi connectivity index (χ2n) is 15.9. The van der Waals surface area contributed by atoms with Crippen molar-refractivity contribution in [3.05, 3.63) is 217 Å². The van der Waals surface area contributed by atoms with Gasteiger partial charge in [-0.2, -0.15) is 10.5 Å². The van der Waals surface area contributed by atoms with Gasteiger partial charge in [-0.25, -0.2) is 0 Å². The first-order valence-corrected chi connectivity index (χ1v) is 22.7. The van der Waals surface area contributed by atoms with Gasteiger partial charge in [0.05, 0.1) is 45.3 Å². The van der Waals surface area contributed by atoms with Crippen LogP contribution in [0.25, 0.3) is 76.9 Å². The molecule has 0 aliphatic carbocycles. The van der Waals surface area contributed by atoms with Crippen molar-refractivity contribution in [1.29, 1.82) is 10.5 Å². The molecule has 0 saturated carbocycles. The van der Waals surface area contributed by atoms with Gasteiger partial charge in [0.25, 0.3) is 0 Å². The SMILES string of the molecule is N#Cc1cc(-n2c3ccccc3c3cc(C#N)ccc32)cc([Si](c2ccccc2)(c2ccccc2)c2cccc(-n3c4ccccc4c4ccc5c6ccccc6oc5c43)c2)c1. The lowest BCUT2D eigenvalue weighted by molar-refractivity contribution is 0.671. The van der Waals surface area contributed by atoms with E-state index in [-0.39, 0.29) is 0 Å². The minimum absolute atomic E-state index is 0.576. The average Bonchev–Trinajstić information content (AvgIpc) is 4.00. The Hall–Kier alpha value is -8.42. The normalized spacial score (nSPS) is 11.8. The van der Waals surface area contributed by atoms with E-state index in [0.717, 1.165) is 82.1 Å². The van der Waals surface area contributed by atoms with Crippen LogP contribution in [-0.4, -0.2) is 17.2 Å². The number of nitriles is 2. The molecule has 0 saturated heterocycles. The van der Waals surface area contributed by atoms with Gasteiger partial charge in [0.2, 0.25) is 0 Å². The van der Waals surface area contributed by atoms with E-state index in [2.05, 4.69) is 179 Å². The summed E-state index contributed by atoms with van der Waals surface area (Å²) >= 11 is 0. The smallest absolute Gasteiger partial charge is 0.179 e. The zero-order chi connectivity index (χ0) is 41.4. The molecule has 0 spiro atoms. The third-order valence-corrected chi connectivity index (χ3v) is 17.4. The number of rotatable bonds is 6. The van der Waals surface area contributed by atoms with Gasteiger partial charge in [-0.1, -0.05) is 133 Å². The Labute approximate surface area is 357 Å². The van der Waals surface area contributed by atoms with Crippen LogP contribution < -0.4 is 20.7 Å². The lowest BCUT2D eigenvalue weighted by Gasteiger charge is -2.35. The molecule has 3 aromatic heterocycles. The lowest BCUT2D eigenvalue weighted by atomic mass is 10.1. The van der Waals surface area contributed by atoms with E-state index >= 15 is 0 Å². The quantitative estimate of drug-likeness (QED) is 0.124. The van der Waals surface area contributed by atoms with E-state index in [9.17, 15) is 10.5 Å². The first-order valence-electron chi connectivity index (χ1n) is 20.7. The van der Waals surface area contributed by atoms with Crippen LogP contribution in [0.15, 0.2) is 211 Å². The number of aromatic nitrogens is 2. The number of para-hydroxylation sites is 3. The van der Waals surface area contributed by atoms with Crippen molar-refractivity contribution < 1.29 is 4.42 Å². The Morgan fingerprint density at radius 1 is 0.371 bits per heavy atom. The minimum atomic E-state index is -3.24. The van der Waals surface area contributed by atoms with Crippen LogP contribution in [-0.2, 0) is 0 Å². The Kier molecular flexibility index (Phi) is 7.92. The Balaban J connectivity index is 1.19. The van der Waals surface area contributed by atoms with Crippen molar-refractivity contribution in [3.63, 3.8) is 0 Å². The van der Waals surface area contributed by atoms with Crippen molar-refractivity contribution in [2.24, 2.45) is 0 Å². The third kappa shape index (κ3) is 5.12. The Bertz CT molecular complexity index is 3810. The van der Waals surface area contributed by atoms with Gasteiger partial charge >= 0.3 is 0 Å². The van der Waals surface area contributed by atoms with E-state index in [0.29, 0.717) is 11.1 Å². The highest BCUT2D eigenvalue weighted by Gasteiger charge is 2.42. The molecule has 62 heavy (non-hydrogen) atoms. The molecular weight excluding hydrogens is 773 g/mol. The number of benzene rings is 9. The molecule has 0 aliphatic heterocycles. The van der Waals surface area contributed by atoms with Crippen molar-refractivity contribution in [3.8, 4) is 23.5 Å². The maximum absolute atomic E-state index is 10.9. The minimum Gasteiger partial charge on any atom is -0.454 e. The number of furan rings is 1. The maximum Gasteiger partial charge on any atom is 0.179 e. The average molecular weight is 807 g/mol. The molecule has 5 nitrogen and oxygen atoms in total. The first kappa shape index (κ1) is 35.5. The van der Waals surface area contributed by atoms with Crippen LogP contribution in [0.3, 0.4) is 0 Å². The van der Waals surface area contributed by atoms with Gasteiger partial charge in [-0.15, -0.1) is 0 Å². The molecule has 0 fully saturated rings. The molecule has 0 N–H and O–H groups in total. The van der Waals surface area contributed by atoms with Crippen LogP contribution in [0.1, 0.15) is 11.1 Å². The Morgan fingerprint density at radius 3 is 1.68 bits per heavy atom. The number of nitrogens with zero attached hydrogens (tertiary/aromatic N) is 4. The van der Waals surface area contributed by atoms with Crippen LogP contribution in [0.5, 0.6) is 0 Å². The predicted molar refractivity (Wildman–Crippen MR) is 255 cm³/mol. The van der Waals surface area contributed by atoms with Gasteiger partial charge in [-0.3, -0.25) is 0 Å². The highest BCUT2D eigenvalue weighted by molar-refractivity contribution is 7.20. The third-order valence-electron chi connectivity index (χ3n) is 12.7. The fraction of sp³-hybridized carbons (Fsp3) is 0. The van der Waals surface area contributed by atoms with E-state index < -0.39 is 8.07 Å². The fourth-order valence-electron chi connectivity index (χ4n) is 10.1. The summed E-state index contributed by atoms with van der Waals surface area (Å²) in [5, 5.41) is 31.9. The second kappa shape index (κ2) is 13.8. The van der Waals surface area contributed by atoms with E-state index in [4.69, 9.17) is 4.42 Å². The van der Waals surface area contributed by atoms with E-state index in [1.54, 1.807) is 0 Å². The summed E-state index contributed by atoms with van der Waals surface area (Å²) < 4.78 is 11.4. The maximum atomic E-state index is 10.9. The monoisotopic (exact) mass is 806 g/mol. The molecule has 0 aliphatic rings. The molecule has 3 heterocycles. The zero-order valence-corrected chi connectivity index (χ0v) is 34.3. The van der Waals surface area contributed by atoms with Crippen LogP contribution in [0, 0.1) is 22.7 Å². The summed E-state index contributed by atoms with van der Waals surface area (Å²) in [6.07, 6.45) is 0. The van der Waals surface area contributed by atoms with Gasteiger partial charge in [0.15, 0.2) is 13.7 Å². The molecule has 6 heteroatoms. The largest absolute Gasteiger partial charge is 0.454 e. The van der Waals surface area contributed by atoms with Gasteiger partial charge in [0, 0.05) is 43.7 Å². The number of fused-ring (bicyclic) bond motifs is 10. The highest BCUT2D eigenvalue weighted by atomic mass is 28.3. The van der Waals surface area contributed by atoms with Gasteiger partial charge in [0.1, 0.15) is 5.58 Å².